The molecule has 3 N–H and O–H groups in total. The monoisotopic (exact) mass is 1830 g/mol. The van der Waals surface area contributed by atoms with E-state index in [1.807, 2.05) is 187 Å². The number of halogens is 3. The van der Waals surface area contributed by atoms with Gasteiger partial charge in [0, 0.05) is 178 Å². The first-order valence-electron chi connectivity index (χ1n) is 44.1. The molecule has 9 aromatic heterocycles. The number of nitriles is 3. The molecule has 9 aliphatic rings. The van der Waals surface area contributed by atoms with Crippen molar-refractivity contribution < 1.29 is 47.6 Å². The number of aromatic nitrogens is 12. The first-order chi connectivity index (χ1) is 63.0. The van der Waals surface area contributed by atoms with Gasteiger partial charge in [0.2, 0.25) is 17.8 Å². The van der Waals surface area contributed by atoms with Gasteiger partial charge in [-0.3, -0.25) is 4.79 Å². The number of aliphatic hydroxyl groups is 3. The van der Waals surface area contributed by atoms with Crippen molar-refractivity contribution in [2.45, 2.75) is 111 Å². The van der Waals surface area contributed by atoms with Gasteiger partial charge in [0.1, 0.15) is 73.0 Å². The Morgan fingerprint density at radius 3 is 1.11 bits per heavy atom. The van der Waals surface area contributed by atoms with E-state index in [1.165, 1.54) is 34.0 Å². The first-order valence-corrected chi connectivity index (χ1v) is 46.6. The number of urea groups is 2. The molecule has 9 saturated heterocycles. The van der Waals surface area contributed by atoms with Crippen LogP contribution in [0.3, 0.4) is 0 Å². The third-order valence-electron chi connectivity index (χ3n) is 27.1. The number of benzene rings is 3. The largest absolute Gasteiger partial charge is 0.389 e. The lowest BCUT2D eigenvalue weighted by Gasteiger charge is -2.61. The topological polar surface area (TPSA) is 359 Å². The zero-order valence-electron chi connectivity index (χ0n) is 74.2. The standard InChI is InChI=1S/C31H34FN9O2S.C31H33FN8O3S.C30H32FN9O2S/c1-4-41-28(37(3)29-34-25(24(14-33)44-29)20-7-5-19(2)6-8-20)22-13-23(26(32)35-27(22)36-41)38-11-9-31(10-12-38)17-40(18-31)30(43)39-15-21(42)16-39;1-4-40-27(37(3)29-34-24(23(14-33)44-29)20-7-5-19(2)6-8-20)21-13-22(25(32)35-26(21)36-40)38-15-30(16-38)17-39(18-30)28(41)31(42)9-11-43-12-10-31;1-4-40-27(36(3)28-33-24(23(12-32)43-28)19-7-5-18(2)6-8-19)21-11-22(25(31)34-26(21)35-40)37-10-9-30(15-37)16-39(17-30)29(42)38-13-20(41)14-38/h5-8,13,21,42H,4,9-12,15-18H2,1-3H3;5-8,13,42H,4,9-12,15-18H2,1-3H3;5-8,11,20,41H,4,9-10,13-17H2,1-3H3. The molecule has 9 fully saturated rings. The summed E-state index contributed by atoms with van der Waals surface area (Å²) in [6.07, 6.45) is 2.36. The Morgan fingerprint density at radius 2 is 0.763 bits per heavy atom. The van der Waals surface area contributed by atoms with Gasteiger partial charge < -0.3 is 74.0 Å². The quantitative estimate of drug-likeness (QED) is 0.0756. The lowest BCUT2D eigenvalue weighted by atomic mass is 9.71. The van der Waals surface area contributed by atoms with Gasteiger partial charge in [0.05, 0.1) is 71.6 Å². The van der Waals surface area contributed by atoms with Crippen molar-refractivity contribution in [3.63, 3.8) is 0 Å². The maximum absolute atomic E-state index is 15.5. The minimum absolute atomic E-state index is 0.00161. The Kier molecular flexibility index (Phi) is 22.9. The Morgan fingerprint density at radius 1 is 0.443 bits per heavy atom. The van der Waals surface area contributed by atoms with Gasteiger partial charge >= 0.3 is 12.1 Å². The fraction of sp³-hybridized carbons (Fsp3) is 0.446. The normalized spacial score (nSPS) is 18.1. The molecule has 3 spiro atoms. The number of rotatable bonds is 16. The molecule has 0 radical (unpaired) electrons. The van der Waals surface area contributed by atoms with Gasteiger partial charge in [-0.1, -0.05) is 123 Å². The molecule has 678 valence electrons. The van der Waals surface area contributed by atoms with Gasteiger partial charge in [-0.05, 0) is 79.0 Å². The molecule has 5 amide bonds. The van der Waals surface area contributed by atoms with Crippen molar-refractivity contribution in [1.29, 1.82) is 15.8 Å². The fourth-order valence-corrected chi connectivity index (χ4v) is 22.2. The number of hydrogen-bond donors (Lipinski definition) is 3. The molecule has 3 aromatic carbocycles. The molecule has 12 aromatic rings. The molecule has 39 heteroatoms. The van der Waals surface area contributed by atoms with E-state index in [-0.39, 0.29) is 34.2 Å². The SMILES string of the molecule is CCn1nc2nc(F)c(N3CC4(CN(C(=O)C5(O)CCOCC5)C4)C3)cc2c1N(C)c1nc(-c2ccc(C)cc2)c(C#N)s1.CCn1nc2nc(F)c(N3CCC4(CC3)CN(C(=O)N3CC(O)C3)C4)cc2c1N(C)c1nc(-c2ccc(C)cc2)c(C#N)s1.CCn1nc2nc(F)c(N3CCC4(CN(C(=O)N5CC(O)C5)C4)C3)cc2c1N(C)c1nc(-c2ccc(C)cc2)c(C#N)s1. The predicted octanol–water partition coefficient (Wildman–Crippen LogP) is 12.2. The second-order valence-electron chi connectivity index (χ2n) is 36.3. The highest BCUT2D eigenvalue weighted by molar-refractivity contribution is 7.17. The van der Waals surface area contributed by atoms with E-state index in [1.54, 1.807) is 34.8 Å². The molecule has 0 saturated carbocycles. The highest BCUT2D eigenvalue weighted by atomic mass is 32.1. The van der Waals surface area contributed by atoms with Gasteiger partial charge in [-0.2, -0.15) is 59.2 Å². The van der Waals surface area contributed by atoms with Crippen LogP contribution < -0.4 is 29.4 Å². The third kappa shape index (κ3) is 16.0. The van der Waals surface area contributed by atoms with Crippen molar-refractivity contribution >= 4 is 135 Å². The number of ether oxygens (including phenoxy) is 1. The van der Waals surface area contributed by atoms with Crippen LogP contribution in [0.25, 0.3) is 66.9 Å². The molecule has 18 heterocycles. The maximum atomic E-state index is 15.5. The average molecular weight is 1830 g/mol. The summed E-state index contributed by atoms with van der Waals surface area (Å²) >= 11 is 3.91. The molecule has 0 unspecified atom stereocenters. The minimum atomic E-state index is -1.35. The summed E-state index contributed by atoms with van der Waals surface area (Å²) in [4.78, 5) is 87.6. The van der Waals surface area contributed by atoms with Gasteiger partial charge in [0.25, 0.3) is 5.91 Å². The summed E-state index contributed by atoms with van der Waals surface area (Å²) in [6.45, 7) is 23.5. The van der Waals surface area contributed by atoms with E-state index in [0.717, 1.165) is 64.3 Å². The van der Waals surface area contributed by atoms with E-state index >= 15 is 13.2 Å². The number of carbonyl (C=O) groups excluding carboxylic acids is 3. The first kappa shape index (κ1) is 87.6. The highest BCUT2D eigenvalue weighted by Gasteiger charge is 2.57. The average Bonchev–Trinajstić information content (AvgIpc) is 1.57. The van der Waals surface area contributed by atoms with E-state index in [9.17, 15) is 45.5 Å². The van der Waals surface area contributed by atoms with Crippen LogP contribution in [0.5, 0.6) is 0 Å². The Labute approximate surface area is 765 Å². The van der Waals surface area contributed by atoms with Crippen molar-refractivity contribution in [1.82, 2.24) is 83.7 Å². The number of β-amino-alcohol motifs (C(OH)–C–C–N with tert-alkyl or cyclic N) is 2. The molecule has 131 heavy (non-hydrogen) atoms. The van der Waals surface area contributed by atoms with E-state index < -0.39 is 35.7 Å². The van der Waals surface area contributed by atoms with Crippen LogP contribution in [0.2, 0.25) is 0 Å². The Balaban J connectivity index is 0.000000127. The van der Waals surface area contributed by atoms with Gasteiger partial charge in [-0.25, -0.2) is 38.6 Å². The van der Waals surface area contributed by atoms with Crippen LogP contribution in [0.1, 0.15) is 84.2 Å². The molecule has 9 aliphatic heterocycles. The molecule has 33 nitrogen and oxygen atoms in total. The van der Waals surface area contributed by atoms with Gasteiger partial charge in [0.15, 0.2) is 32.3 Å². The summed E-state index contributed by atoms with van der Waals surface area (Å²) in [5.74, 6) is 0.246. The molecule has 0 bridgehead atoms. The highest BCUT2D eigenvalue weighted by Crippen LogP contribution is 2.50. The number of likely N-dealkylation sites (tertiary alicyclic amines) is 5. The van der Waals surface area contributed by atoms with Crippen LogP contribution in [-0.4, -0.2) is 274 Å². The fourth-order valence-electron chi connectivity index (χ4n) is 19.6. The number of nitrogens with zero attached hydrogens (tertiary/aromatic N) is 26. The zero-order valence-corrected chi connectivity index (χ0v) is 76.6. The zero-order chi connectivity index (χ0) is 91.6. The van der Waals surface area contributed by atoms with Crippen molar-refractivity contribution in [3.8, 4) is 52.0 Å². The number of piperidine rings is 1. The van der Waals surface area contributed by atoms with Crippen molar-refractivity contribution in [2.75, 3.05) is 168 Å². The second-order valence-corrected chi connectivity index (χ2v) is 39.2. The second kappa shape index (κ2) is 34.2. The van der Waals surface area contributed by atoms with E-state index in [4.69, 9.17) is 19.7 Å². The lowest BCUT2D eigenvalue weighted by molar-refractivity contribution is -0.174. The number of pyridine rings is 3. The van der Waals surface area contributed by atoms with E-state index in [2.05, 4.69) is 48.5 Å². The summed E-state index contributed by atoms with van der Waals surface area (Å²) in [6, 6.07) is 36.1. The van der Waals surface area contributed by atoms with Crippen LogP contribution in [0, 0.1) is 88.9 Å². The van der Waals surface area contributed by atoms with Crippen molar-refractivity contribution in [2.24, 2.45) is 16.2 Å². The number of hydrogen-bond acceptors (Lipinski definition) is 28. The van der Waals surface area contributed by atoms with Crippen LogP contribution in [0.4, 0.5) is 72.7 Å². The summed E-state index contributed by atoms with van der Waals surface area (Å²) in [7, 11) is 5.64. The Bertz CT molecular complexity index is 6580. The van der Waals surface area contributed by atoms with Crippen LogP contribution in [-0.2, 0) is 29.2 Å². The molecule has 0 aliphatic carbocycles. The lowest BCUT2D eigenvalue weighted by Crippen LogP contribution is -2.75. The van der Waals surface area contributed by atoms with Crippen molar-refractivity contribution in [3.05, 3.63) is 140 Å². The van der Waals surface area contributed by atoms with Crippen LogP contribution >= 0.6 is 34.0 Å². The molecule has 0 atom stereocenters. The summed E-state index contributed by atoms with van der Waals surface area (Å²) < 4.78 is 57.0. The number of anilines is 9. The van der Waals surface area contributed by atoms with Gasteiger partial charge in [-0.15, -0.1) is 0 Å². The predicted molar refractivity (Wildman–Crippen MR) is 493 cm³/mol. The molecular weight excluding hydrogens is 1730 g/mol. The van der Waals surface area contributed by atoms with Crippen LogP contribution in [0.15, 0.2) is 91.0 Å². The number of amides is 5. The number of aliphatic hydroxyl groups excluding tert-OH is 2. The minimum Gasteiger partial charge on any atom is -0.389 e. The molecular formula is C92H99F3N26O7S3. The maximum Gasteiger partial charge on any atom is 0.320 e. The smallest absolute Gasteiger partial charge is 0.320 e. The number of thiazole rings is 3. The van der Waals surface area contributed by atoms with E-state index in [0.29, 0.717) is 253 Å². The number of fused-ring (bicyclic) bond motifs is 3. The molecule has 21 rings (SSSR count). The summed E-state index contributed by atoms with van der Waals surface area (Å²) in [5.41, 5.74) is 8.59. The Hall–Kier alpha value is -12.7. The number of aryl methyl sites for hydroxylation is 6. The summed E-state index contributed by atoms with van der Waals surface area (Å²) in [5, 5.41) is 77.3. The number of carbonyl (C=O) groups is 3. The third-order valence-corrected chi connectivity index (χ3v) is 30.2.